The van der Waals surface area contributed by atoms with Crippen molar-refractivity contribution in [3.8, 4) is 0 Å². The molecule has 102 valence electrons. The van der Waals surface area contributed by atoms with Crippen LogP contribution >= 0.6 is 0 Å². The van der Waals surface area contributed by atoms with Crippen molar-refractivity contribution in [1.29, 1.82) is 0 Å². The third-order valence-electron chi connectivity index (χ3n) is 2.47. The minimum absolute atomic E-state index is 0.169. The number of nitrogens with one attached hydrogen (secondary N) is 2. The SMILES string of the molecule is CC(=O)Nc1cccc(NC(=O)c2ccc(C)nn2)c1. The molecular formula is C14H14N4O2. The fourth-order valence-electron chi connectivity index (χ4n) is 1.59. The second kappa shape index (κ2) is 5.92. The van der Waals surface area contributed by atoms with Gasteiger partial charge in [-0.15, -0.1) is 5.10 Å². The zero-order chi connectivity index (χ0) is 14.5. The van der Waals surface area contributed by atoms with Crippen LogP contribution < -0.4 is 10.6 Å². The molecule has 0 unspecified atom stereocenters. The second-order valence-electron chi connectivity index (χ2n) is 4.28. The molecule has 0 aliphatic heterocycles. The summed E-state index contributed by atoms with van der Waals surface area (Å²) >= 11 is 0. The van der Waals surface area contributed by atoms with Crippen molar-refractivity contribution < 1.29 is 9.59 Å². The third kappa shape index (κ3) is 3.61. The predicted octanol–water partition coefficient (Wildman–Crippen LogP) is 2.00. The Bertz CT molecular complexity index is 638. The molecule has 0 atom stereocenters. The molecule has 0 aliphatic rings. The summed E-state index contributed by atoms with van der Waals surface area (Å²) in [4.78, 5) is 22.9. The van der Waals surface area contributed by atoms with Gasteiger partial charge in [0.15, 0.2) is 5.69 Å². The van der Waals surface area contributed by atoms with E-state index in [-0.39, 0.29) is 17.5 Å². The molecule has 1 heterocycles. The molecule has 0 aliphatic carbocycles. The zero-order valence-corrected chi connectivity index (χ0v) is 11.2. The van der Waals surface area contributed by atoms with Crippen LogP contribution in [0.1, 0.15) is 23.1 Å². The van der Waals surface area contributed by atoms with Gasteiger partial charge in [0, 0.05) is 18.3 Å². The lowest BCUT2D eigenvalue weighted by atomic mass is 10.2. The monoisotopic (exact) mass is 270 g/mol. The summed E-state index contributed by atoms with van der Waals surface area (Å²) in [6.07, 6.45) is 0. The van der Waals surface area contributed by atoms with Gasteiger partial charge in [-0.05, 0) is 37.3 Å². The highest BCUT2D eigenvalue weighted by Crippen LogP contribution is 2.15. The first kappa shape index (κ1) is 13.7. The number of carbonyl (C=O) groups excluding carboxylic acids is 2. The molecule has 0 bridgehead atoms. The van der Waals surface area contributed by atoms with Crippen LogP contribution in [0.3, 0.4) is 0 Å². The smallest absolute Gasteiger partial charge is 0.276 e. The number of aromatic nitrogens is 2. The van der Waals surface area contributed by atoms with Gasteiger partial charge in [-0.1, -0.05) is 6.07 Å². The molecule has 6 nitrogen and oxygen atoms in total. The summed E-state index contributed by atoms with van der Waals surface area (Å²) in [5, 5.41) is 13.0. The summed E-state index contributed by atoms with van der Waals surface area (Å²) in [6.45, 7) is 3.22. The number of hydrogen-bond donors (Lipinski definition) is 2. The van der Waals surface area contributed by atoms with Crippen LogP contribution in [0.5, 0.6) is 0 Å². The molecular weight excluding hydrogens is 256 g/mol. The first-order valence-corrected chi connectivity index (χ1v) is 6.04. The van der Waals surface area contributed by atoms with Crippen LogP contribution in [-0.2, 0) is 4.79 Å². The maximum atomic E-state index is 12.0. The summed E-state index contributed by atoms with van der Waals surface area (Å²) in [6, 6.07) is 10.2. The Morgan fingerprint density at radius 2 is 1.70 bits per heavy atom. The summed E-state index contributed by atoms with van der Waals surface area (Å²) in [7, 11) is 0. The van der Waals surface area contributed by atoms with Gasteiger partial charge in [-0.25, -0.2) is 0 Å². The lowest BCUT2D eigenvalue weighted by Crippen LogP contribution is -2.14. The Kier molecular flexibility index (Phi) is 4.05. The van der Waals surface area contributed by atoms with Gasteiger partial charge in [0.1, 0.15) is 0 Å². The highest BCUT2D eigenvalue weighted by atomic mass is 16.2. The number of amides is 2. The Morgan fingerprint density at radius 3 is 2.30 bits per heavy atom. The van der Waals surface area contributed by atoms with E-state index in [1.807, 2.05) is 0 Å². The number of benzene rings is 1. The van der Waals surface area contributed by atoms with E-state index in [0.29, 0.717) is 11.4 Å². The molecule has 6 heteroatoms. The number of anilines is 2. The maximum Gasteiger partial charge on any atom is 0.276 e. The molecule has 1 aromatic carbocycles. The largest absolute Gasteiger partial charge is 0.326 e. The summed E-state index contributed by atoms with van der Waals surface area (Å²) < 4.78 is 0. The number of aryl methyl sites for hydroxylation is 1. The first-order chi connectivity index (χ1) is 9.54. The molecule has 0 saturated carbocycles. The molecule has 2 amide bonds. The summed E-state index contributed by atoms with van der Waals surface area (Å²) in [5.74, 6) is -0.518. The molecule has 2 N–H and O–H groups in total. The van der Waals surface area contributed by atoms with Gasteiger partial charge in [0.25, 0.3) is 5.91 Å². The van der Waals surface area contributed by atoms with Crippen molar-refractivity contribution in [2.45, 2.75) is 13.8 Å². The molecule has 2 aromatic rings. The molecule has 0 saturated heterocycles. The van der Waals surface area contributed by atoms with Gasteiger partial charge in [0.2, 0.25) is 5.91 Å². The van der Waals surface area contributed by atoms with Crippen LogP contribution in [0.4, 0.5) is 11.4 Å². The first-order valence-electron chi connectivity index (χ1n) is 6.04. The highest BCUT2D eigenvalue weighted by Gasteiger charge is 2.08. The zero-order valence-electron chi connectivity index (χ0n) is 11.2. The van der Waals surface area contributed by atoms with E-state index in [0.717, 1.165) is 5.69 Å². The van der Waals surface area contributed by atoms with Crippen LogP contribution in [0.15, 0.2) is 36.4 Å². The second-order valence-corrected chi connectivity index (χ2v) is 4.28. The van der Waals surface area contributed by atoms with E-state index in [1.165, 1.54) is 6.92 Å². The molecule has 2 rings (SSSR count). The number of hydrogen-bond acceptors (Lipinski definition) is 4. The number of rotatable bonds is 3. The van der Waals surface area contributed by atoms with Crippen LogP contribution in [0, 0.1) is 6.92 Å². The molecule has 1 aromatic heterocycles. The van der Waals surface area contributed by atoms with Crippen molar-refractivity contribution in [3.63, 3.8) is 0 Å². The van der Waals surface area contributed by atoms with Crippen molar-refractivity contribution in [3.05, 3.63) is 47.8 Å². The van der Waals surface area contributed by atoms with Crippen LogP contribution in [0.2, 0.25) is 0 Å². The Morgan fingerprint density at radius 1 is 1.00 bits per heavy atom. The molecule has 20 heavy (non-hydrogen) atoms. The lowest BCUT2D eigenvalue weighted by Gasteiger charge is -2.07. The lowest BCUT2D eigenvalue weighted by molar-refractivity contribution is -0.114. The van der Waals surface area contributed by atoms with Crippen LogP contribution in [-0.4, -0.2) is 22.0 Å². The minimum atomic E-state index is -0.350. The van der Waals surface area contributed by atoms with Crippen molar-refractivity contribution in [2.24, 2.45) is 0 Å². The number of carbonyl (C=O) groups is 2. The van der Waals surface area contributed by atoms with E-state index < -0.39 is 0 Å². The Hall–Kier alpha value is -2.76. The quantitative estimate of drug-likeness (QED) is 0.893. The van der Waals surface area contributed by atoms with Gasteiger partial charge >= 0.3 is 0 Å². The van der Waals surface area contributed by atoms with E-state index in [9.17, 15) is 9.59 Å². The predicted molar refractivity (Wildman–Crippen MR) is 75.5 cm³/mol. The highest BCUT2D eigenvalue weighted by molar-refractivity contribution is 6.03. The Labute approximate surface area is 116 Å². The van der Waals surface area contributed by atoms with Crippen molar-refractivity contribution >= 4 is 23.2 Å². The maximum absolute atomic E-state index is 12.0. The van der Waals surface area contributed by atoms with Crippen molar-refractivity contribution in [1.82, 2.24) is 10.2 Å². The van der Waals surface area contributed by atoms with Crippen molar-refractivity contribution in [2.75, 3.05) is 10.6 Å². The van der Waals surface area contributed by atoms with Gasteiger partial charge in [-0.3, -0.25) is 9.59 Å². The average molecular weight is 270 g/mol. The van der Waals surface area contributed by atoms with Gasteiger partial charge in [0.05, 0.1) is 5.69 Å². The van der Waals surface area contributed by atoms with Gasteiger partial charge in [-0.2, -0.15) is 5.10 Å². The fraction of sp³-hybridized carbons (Fsp3) is 0.143. The third-order valence-corrected chi connectivity index (χ3v) is 2.47. The van der Waals surface area contributed by atoms with E-state index in [2.05, 4.69) is 20.8 Å². The molecule has 0 fully saturated rings. The molecule has 0 radical (unpaired) electrons. The van der Waals surface area contributed by atoms with E-state index >= 15 is 0 Å². The topological polar surface area (TPSA) is 84.0 Å². The summed E-state index contributed by atoms with van der Waals surface area (Å²) in [5.41, 5.74) is 2.17. The fourth-order valence-corrected chi connectivity index (χ4v) is 1.59. The normalized spacial score (nSPS) is 9.90. The number of nitrogens with zero attached hydrogens (tertiary/aromatic N) is 2. The van der Waals surface area contributed by atoms with Gasteiger partial charge < -0.3 is 10.6 Å². The minimum Gasteiger partial charge on any atom is -0.326 e. The molecule has 0 spiro atoms. The standard InChI is InChI=1S/C14H14N4O2/c1-9-6-7-13(18-17-9)14(20)16-12-5-3-4-11(8-12)15-10(2)19/h3-8H,1-2H3,(H,15,19)(H,16,20). The van der Waals surface area contributed by atoms with E-state index in [1.54, 1.807) is 43.3 Å². The Balaban J connectivity index is 2.11. The van der Waals surface area contributed by atoms with Crippen LogP contribution in [0.25, 0.3) is 0 Å². The van der Waals surface area contributed by atoms with E-state index in [4.69, 9.17) is 0 Å². The average Bonchev–Trinajstić information content (AvgIpc) is 2.39.